The van der Waals surface area contributed by atoms with Crippen LogP contribution in [0, 0.1) is 13.8 Å². The van der Waals surface area contributed by atoms with Gasteiger partial charge in [-0.2, -0.15) is 0 Å². The topological polar surface area (TPSA) is 38.0 Å². The van der Waals surface area contributed by atoms with Crippen LogP contribution in [0.25, 0.3) is 0 Å². The van der Waals surface area contributed by atoms with Crippen molar-refractivity contribution in [3.05, 3.63) is 68.7 Å². The third-order valence-electron chi connectivity index (χ3n) is 3.30. The third kappa shape index (κ3) is 3.10. The molecule has 4 heteroatoms. The van der Waals surface area contributed by atoms with Crippen molar-refractivity contribution in [1.82, 2.24) is 5.43 Å². The maximum atomic E-state index is 6.24. The lowest BCUT2D eigenvalue weighted by atomic mass is 9.96. The molecular formula is C15H16Cl2N2. The van der Waals surface area contributed by atoms with Crippen molar-refractivity contribution in [2.24, 2.45) is 5.84 Å². The van der Waals surface area contributed by atoms with Gasteiger partial charge in [-0.1, -0.05) is 41.4 Å². The summed E-state index contributed by atoms with van der Waals surface area (Å²) in [5.41, 5.74) is 7.21. The molecule has 0 saturated heterocycles. The average Bonchev–Trinajstić information content (AvgIpc) is 2.38. The van der Waals surface area contributed by atoms with Gasteiger partial charge in [0.05, 0.1) is 6.04 Å². The first-order valence-electron chi connectivity index (χ1n) is 6.01. The Bertz CT molecular complexity index is 597. The molecule has 0 aliphatic rings. The number of hydrazine groups is 1. The molecule has 19 heavy (non-hydrogen) atoms. The number of rotatable bonds is 3. The minimum atomic E-state index is -0.175. The van der Waals surface area contributed by atoms with Crippen molar-refractivity contribution in [2.45, 2.75) is 19.9 Å². The molecular weight excluding hydrogens is 279 g/mol. The van der Waals surface area contributed by atoms with Crippen molar-refractivity contribution in [2.75, 3.05) is 0 Å². The molecule has 0 aliphatic heterocycles. The first-order valence-corrected chi connectivity index (χ1v) is 6.76. The Morgan fingerprint density at radius 3 is 2.37 bits per heavy atom. The van der Waals surface area contributed by atoms with Crippen molar-refractivity contribution in [1.29, 1.82) is 0 Å². The van der Waals surface area contributed by atoms with Crippen molar-refractivity contribution in [3.8, 4) is 0 Å². The van der Waals surface area contributed by atoms with E-state index < -0.39 is 0 Å². The van der Waals surface area contributed by atoms with Crippen LogP contribution in [-0.4, -0.2) is 0 Å². The lowest BCUT2D eigenvalue weighted by Crippen LogP contribution is -2.29. The number of hydrogen-bond acceptors (Lipinski definition) is 2. The Balaban J connectivity index is 2.49. The monoisotopic (exact) mass is 294 g/mol. The summed E-state index contributed by atoms with van der Waals surface area (Å²) >= 11 is 12.3. The number of aryl methyl sites for hydroxylation is 2. The number of nitrogens with one attached hydrogen (secondary N) is 1. The van der Waals surface area contributed by atoms with Gasteiger partial charge in [0.1, 0.15) is 0 Å². The first-order chi connectivity index (χ1) is 9.02. The van der Waals surface area contributed by atoms with E-state index in [1.54, 1.807) is 12.1 Å². The molecule has 1 unspecified atom stereocenters. The zero-order chi connectivity index (χ0) is 14.0. The molecule has 2 aromatic carbocycles. The van der Waals surface area contributed by atoms with E-state index in [0.717, 1.165) is 11.1 Å². The molecule has 0 aromatic heterocycles. The van der Waals surface area contributed by atoms with Gasteiger partial charge < -0.3 is 0 Å². The van der Waals surface area contributed by atoms with E-state index in [1.165, 1.54) is 11.1 Å². The van der Waals surface area contributed by atoms with Crippen LogP contribution in [0.15, 0.2) is 36.4 Å². The molecule has 0 spiro atoms. The molecule has 100 valence electrons. The second-order valence-electron chi connectivity index (χ2n) is 4.61. The molecule has 0 radical (unpaired) electrons. The van der Waals surface area contributed by atoms with Crippen LogP contribution in [0.4, 0.5) is 0 Å². The normalized spacial score (nSPS) is 12.5. The van der Waals surface area contributed by atoms with E-state index in [9.17, 15) is 0 Å². The zero-order valence-corrected chi connectivity index (χ0v) is 12.4. The highest BCUT2D eigenvalue weighted by molar-refractivity contribution is 6.33. The molecule has 2 rings (SSSR count). The standard InChI is InChI=1S/C15H16Cl2N2/c1-9-3-4-11(7-10(9)2)15(19-18)13-8-12(16)5-6-14(13)17/h3-8,15,19H,18H2,1-2H3. The summed E-state index contributed by atoms with van der Waals surface area (Å²) in [4.78, 5) is 0. The van der Waals surface area contributed by atoms with Crippen LogP contribution in [-0.2, 0) is 0 Å². The molecule has 0 saturated carbocycles. The third-order valence-corrected chi connectivity index (χ3v) is 3.88. The van der Waals surface area contributed by atoms with Gasteiger partial charge in [-0.3, -0.25) is 5.84 Å². The quantitative estimate of drug-likeness (QED) is 0.659. The van der Waals surface area contributed by atoms with Crippen molar-refractivity contribution >= 4 is 23.2 Å². The predicted molar refractivity (Wildman–Crippen MR) is 81.5 cm³/mol. The Kier molecular flexibility index (Phi) is 4.48. The maximum absolute atomic E-state index is 6.24. The van der Waals surface area contributed by atoms with E-state index in [4.69, 9.17) is 29.0 Å². The van der Waals surface area contributed by atoms with Crippen LogP contribution in [0.2, 0.25) is 10.0 Å². The van der Waals surface area contributed by atoms with Gasteiger partial charge in [-0.15, -0.1) is 0 Å². The van der Waals surface area contributed by atoms with Gasteiger partial charge >= 0.3 is 0 Å². The molecule has 0 fully saturated rings. The highest BCUT2D eigenvalue weighted by Gasteiger charge is 2.16. The Hall–Kier alpha value is -1.06. The summed E-state index contributed by atoms with van der Waals surface area (Å²) in [5.74, 6) is 5.69. The van der Waals surface area contributed by atoms with Gasteiger partial charge in [0.2, 0.25) is 0 Å². The summed E-state index contributed by atoms with van der Waals surface area (Å²) in [7, 11) is 0. The largest absolute Gasteiger partial charge is 0.271 e. The molecule has 0 heterocycles. The van der Waals surface area contributed by atoms with E-state index in [0.29, 0.717) is 10.0 Å². The van der Waals surface area contributed by atoms with Gasteiger partial charge in [0.25, 0.3) is 0 Å². The van der Waals surface area contributed by atoms with Crippen LogP contribution in [0.1, 0.15) is 28.3 Å². The molecule has 3 N–H and O–H groups in total. The minimum absolute atomic E-state index is 0.175. The van der Waals surface area contributed by atoms with Crippen LogP contribution >= 0.6 is 23.2 Å². The summed E-state index contributed by atoms with van der Waals surface area (Å²) < 4.78 is 0. The predicted octanol–water partition coefficient (Wildman–Crippen LogP) is 4.16. The second-order valence-corrected chi connectivity index (χ2v) is 5.45. The number of nitrogens with two attached hydrogens (primary N) is 1. The smallest absolute Gasteiger partial charge is 0.0725 e. The fourth-order valence-electron chi connectivity index (χ4n) is 2.05. The first kappa shape index (κ1) is 14.4. The lowest BCUT2D eigenvalue weighted by molar-refractivity contribution is 0.636. The Labute approximate surface area is 123 Å². The Morgan fingerprint density at radius 2 is 1.74 bits per heavy atom. The SMILES string of the molecule is Cc1ccc(C(NN)c2cc(Cl)ccc2Cl)cc1C. The maximum Gasteiger partial charge on any atom is 0.0725 e. The zero-order valence-electron chi connectivity index (χ0n) is 10.9. The van der Waals surface area contributed by atoms with Crippen LogP contribution in [0.5, 0.6) is 0 Å². The fourth-order valence-corrected chi connectivity index (χ4v) is 2.45. The molecule has 0 bridgehead atoms. The molecule has 1 atom stereocenters. The molecule has 2 aromatic rings. The Morgan fingerprint density at radius 1 is 1.00 bits per heavy atom. The number of benzene rings is 2. The van der Waals surface area contributed by atoms with E-state index >= 15 is 0 Å². The average molecular weight is 295 g/mol. The summed E-state index contributed by atoms with van der Waals surface area (Å²) in [6.45, 7) is 4.16. The summed E-state index contributed by atoms with van der Waals surface area (Å²) in [6.07, 6.45) is 0. The van der Waals surface area contributed by atoms with Gasteiger partial charge in [-0.25, -0.2) is 5.43 Å². The van der Waals surface area contributed by atoms with Gasteiger partial charge in [-0.05, 0) is 54.3 Å². The fraction of sp³-hybridized carbons (Fsp3) is 0.200. The van der Waals surface area contributed by atoms with Crippen molar-refractivity contribution < 1.29 is 0 Å². The lowest BCUT2D eigenvalue weighted by Gasteiger charge is -2.19. The number of hydrogen-bond donors (Lipinski definition) is 2. The second kappa shape index (κ2) is 5.93. The van der Waals surface area contributed by atoms with Gasteiger partial charge in [0, 0.05) is 10.0 Å². The van der Waals surface area contributed by atoms with Crippen LogP contribution in [0.3, 0.4) is 0 Å². The minimum Gasteiger partial charge on any atom is -0.271 e. The molecule has 2 nitrogen and oxygen atoms in total. The van der Waals surface area contributed by atoms with Gasteiger partial charge in [0.15, 0.2) is 0 Å². The molecule has 0 aliphatic carbocycles. The number of halogens is 2. The van der Waals surface area contributed by atoms with Crippen LogP contribution < -0.4 is 11.3 Å². The van der Waals surface area contributed by atoms with E-state index in [1.807, 2.05) is 12.1 Å². The van der Waals surface area contributed by atoms with E-state index in [2.05, 4.69) is 31.4 Å². The van der Waals surface area contributed by atoms with Crippen molar-refractivity contribution in [3.63, 3.8) is 0 Å². The van der Waals surface area contributed by atoms with E-state index in [-0.39, 0.29) is 6.04 Å². The highest BCUT2D eigenvalue weighted by atomic mass is 35.5. The highest BCUT2D eigenvalue weighted by Crippen LogP contribution is 2.30. The summed E-state index contributed by atoms with van der Waals surface area (Å²) in [5, 5.41) is 1.29. The summed E-state index contributed by atoms with van der Waals surface area (Å²) in [6, 6.07) is 11.4. The molecule has 0 amide bonds.